The van der Waals surface area contributed by atoms with E-state index in [-0.39, 0.29) is 31.3 Å². The van der Waals surface area contributed by atoms with E-state index in [2.05, 4.69) is 10.6 Å². The lowest BCUT2D eigenvalue weighted by Gasteiger charge is -2.14. The van der Waals surface area contributed by atoms with E-state index in [1.807, 2.05) is 6.92 Å². The summed E-state index contributed by atoms with van der Waals surface area (Å²) in [4.78, 5) is 23.5. The third kappa shape index (κ3) is 8.64. The highest BCUT2D eigenvalue weighted by Gasteiger charge is 2.26. The molecule has 0 aliphatic carbocycles. The van der Waals surface area contributed by atoms with E-state index < -0.39 is 24.9 Å². The van der Waals surface area contributed by atoms with E-state index in [1.165, 1.54) is 0 Å². The molecule has 2 amide bonds. The molecule has 0 spiro atoms. The van der Waals surface area contributed by atoms with Gasteiger partial charge in [-0.3, -0.25) is 9.59 Å². The van der Waals surface area contributed by atoms with Crippen molar-refractivity contribution < 1.29 is 23.1 Å². The van der Waals surface area contributed by atoms with Crippen molar-refractivity contribution in [1.82, 2.24) is 10.6 Å². The number of ether oxygens (including phenoxy) is 1. The van der Waals surface area contributed by atoms with Crippen molar-refractivity contribution in [1.29, 1.82) is 0 Å². The summed E-state index contributed by atoms with van der Waals surface area (Å²) in [5.41, 5.74) is 5.29. The maximum Gasteiger partial charge on any atom is 0.277 e. The van der Waals surface area contributed by atoms with Crippen LogP contribution in [-0.2, 0) is 4.79 Å². The molecule has 0 bridgehead atoms. The van der Waals surface area contributed by atoms with Crippen LogP contribution in [0.2, 0.25) is 0 Å². The topological polar surface area (TPSA) is 93.4 Å². The van der Waals surface area contributed by atoms with Crippen molar-refractivity contribution in [3.63, 3.8) is 0 Å². The van der Waals surface area contributed by atoms with Crippen LogP contribution in [0.25, 0.3) is 0 Å². The number of nitrogens with one attached hydrogen (secondary N) is 2. The fraction of sp³-hybridized carbons (Fsp3) is 0.500. The van der Waals surface area contributed by atoms with Crippen LogP contribution in [0.1, 0.15) is 30.1 Å². The minimum absolute atomic E-state index is 0. The zero-order chi connectivity index (χ0) is 18.0. The third-order valence-electron chi connectivity index (χ3n) is 3.14. The number of alkyl halides is 2. The van der Waals surface area contributed by atoms with Crippen LogP contribution >= 0.6 is 12.4 Å². The summed E-state index contributed by atoms with van der Waals surface area (Å²) in [6, 6.07) is 6.83. The number of halogens is 3. The first-order chi connectivity index (χ1) is 11.4. The second-order valence-corrected chi connectivity index (χ2v) is 5.13. The third-order valence-corrected chi connectivity index (χ3v) is 3.14. The largest absolute Gasteiger partial charge is 0.493 e. The van der Waals surface area contributed by atoms with Crippen molar-refractivity contribution in [2.45, 2.75) is 25.7 Å². The van der Waals surface area contributed by atoms with Crippen LogP contribution in [0.5, 0.6) is 5.75 Å². The fourth-order valence-electron chi connectivity index (χ4n) is 1.87. The van der Waals surface area contributed by atoms with Crippen molar-refractivity contribution in [2.75, 3.05) is 26.2 Å². The Morgan fingerprint density at radius 3 is 2.56 bits per heavy atom. The average Bonchev–Trinajstić information content (AvgIpc) is 2.57. The molecule has 0 radical (unpaired) electrons. The predicted octanol–water partition coefficient (Wildman–Crippen LogP) is 1.73. The van der Waals surface area contributed by atoms with Crippen LogP contribution in [0.15, 0.2) is 24.3 Å². The van der Waals surface area contributed by atoms with Gasteiger partial charge in [0.15, 0.2) is 0 Å². The van der Waals surface area contributed by atoms with E-state index in [1.54, 1.807) is 24.3 Å². The lowest BCUT2D eigenvalue weighted by molar-refractivity contribution is -0.122. The highest BCUT2D eigenvalue weighted by Crippen LogP contribution is 2.17. The van der Waals surface area contributed by atoms with Crippen LogP contribution in [0.4, 0.5) is 8.78 Å². The number of carbonyl (C=O) groups is 2. The summed E-state index contributed by atoms with van der Waals surface area (Å²) in [6.45, 7) is 0.915. The molecule has 4 N–H and O–H groups in total. The van der Waals surface area contributed by atoms with Gasteiger partial charge in [0.25, 0.3) is 11.8 Å². The smallest absolute Gasteiger partial charge is 0.277 e. The van der Waals surface area contributed by atoms with Gasteiger partial charge in [-0.15, -0.1) is 12.4 Å². The molecule has 0 atom stereocenters. The number of amides is 2. The van der Waals surface area contributed by atoms with Crippen LogP contribution in [0.3, 0.4) is 0 Å². The van der Waals surface area contributed by atoms with Crippen LogP contribution in [0, 0.1) is 0 Å². The van der Waals surface area contributed by atoms with E-state index in [0.29, 0.717) is 24.3 Å². The molecule has 1 aromatic rings. The number of carbonyl (C=O) groups excluding carboxylic acids is 2. The van der Waals surface area contributed by atoms with Gasteiger partial charge < -0.3 is 21.1 Å². The lowest BCUT2D eigenvalue weighted by atomic mass is 10.2. The summed E-state index contributed by atoms with van der Waals surface area (Å²) < 4.78 is 31.1. The summed E-state index contributed by atoms with van der Waals surface area (Å²) in [5.74, 6) is -3.44. The molecule has 0 heterocycles. The molecule has 6 nitrogen and oxygen atoms in total. The first-order valence-corrected chi connectivity index (χ1v) is 7.74. The maximum absolute atomic E-state index is 12.9. The fourth-order valence-corrected chi connectivity index (χ4v) is 1.87. The van der Waals surface area contributed by atoms with Gasteiger partial charge in [-0.05, 0) is 25.5 Å². The molecular formula is C16H24ClF2N3O3. The molecule has 0 aromatic heterocycles. The molecule has 0 aliphatic heterocycles. The van der Waals surface area contributed by atoms with Gasteiger partial charge >= 0.3 is 0 Å². The van der Waals surface area contributed by atoms with Crippen molar-refractivity contribution in [3.8, 4) is 5.75 Å². The molecular weight excluding hydrogens is 356 g/mol. The van der Waals surface area contributed by atoms with Crippen LogP contribution < -0.4 is 21.1 Å². The quantitative estimate of drug-likeness (QED) is 0.540. The van der Waals surface area contributed by atoms with Crippen molar-refractivity contribution in [2.24, 2.45) is 5.73 Å². The van der Waals surface area contributed by atoms with Gasteiger partial charge in [0, 0.05) is 13.0 Å². The molecule has 25 heavy (non-hydrogen) atoms. The van der Waals surface area contributed by atoms with E-state index in [0.717, 1.165) is 0 Å². The molecule has 0 saturated heterocycles. The highest BCUT2D eigenvalue weighted by molar-refractivity contribution is 5.96. The first kappa shape index (κ1) is 23.1. The number of hydrogen-bond acceptors (Lipinski definition) is 4. The van der Waals surface area contributed by atoms with Crippen molar-refractivity contribution >= 4 is 24.2 Å². The summed E-state index contributed by atoms with van der Waals surface area (Å²) in [5, 5.41) is 4.79. The van der Waals surface area contributed by atoms with Gasteiger partial charge in [0.2, 0.25) is 5.91 Å². The molecule has 0 aliphatic rings. The summed E-state index contributed by atoms with van der Waals surface area (Å²) in [7, 11) is 0. The Hall–Kier alpha value is -1.93. The average molecular weight is 380 g/mol. The Labute approximate surface area is 151 Å². The number of rotatable bonds is 10. The molecule has 1 rings (SSSR count). The monoisotopic (exact) mass is 379 g/mol. The Morgan fingerprint density at radius 1 is 1.24 bits per heavy atom. The van der Waals surface area contributed by atoms with Crippen LogP contribution in [-0.4, -0.2) is 44.0 Å². The highest BCUT2D eigenvalue weighted by atomic mass is 35.5. The standard InChI is InChI=1S/C16H23F2N3O3.ClH/c1-2-24-13-7-4-3-6-12(13)15(23)20-9-5-8-14(22)21-11-16(17,18)10-19;/h3-4,6-7H,2,5,8-11,19H2,1H3,(H,20,23)(H,21,22);1H. The molecule has 0 saturated carbocycles. The minimum Gasteiger partial charge on any atom is -0.493 e. The molecule has 1 aromatic carbocycles. The van der Waals surface area contributed by atoms with Gasteiger partial charge in [-0.25, -0.2) is 8.78 Å². The Bertz CT molecular complexity index is 559. The number of nitrogens with two attached hydrogens (primary N) is 1. The van der Waals surface area contributed by atoms with E-state index in [4.69, 9.17) is 10.5 Å². The first-order valence-electron chi connectivity index (χ1n) is 7.74. The molecule has 9 heteroatoms. The number of hydrogen-bond donors (Lipinski definition) is 3. The number of benzene rings is 1. The predicted molar refractivity (Wildman–Crippen MR) is 93.4 cm³/mol. The van der Waals surface area contributed by atoms with Gasteiger partial charge in [0.1, 0.15) is 5.75 Å². The maximum atomic E-state index is 12.9. The normalized spacial score (nSPS) is 10.6. The Balaban J connectivity index is 0.00000576. The summed E-state index contributed by atoms with van der Waals surface area (Å²) in [6.07, 6.45) is 0.372. The van der Waals surface area contributed by atoms with Gasteiger partial charge in [-0.2, -0.15) is 0 Å². The zero-order valence-electron chi connectivity index (χ0n) is 14.0. The lowest BCUT2D eigenvalue weighted by Crippen LogP contribution is -2.41. The molecule has 142 valence electrons. The minimum atomic E-state index is -3.10. The molecule has 0 unspecified atom stereocenters. The van der Waals surface area contributed by atoms with E-state index >= 15 is 0 Å². The number of para-hydroxylation sites is 1. The second kappa shape index (κ2) is 11.6. The zero-order valence-corrected chi connectivity index (χ0v) is 14.8. The van der Waals surface area contributed by atoms with Gasteiger partial charge in [0.05, 0.1) is 25.3 Å². The second-order valence-electron chi connectivity index (χ2n) is 5.13. The SMILES string of the molecule is CCOc1ccccc1C(=O)NCCCC(=O)NCC(F)(F)CN.Cl. The summed E-state index contributed by atoms with van der Waals surface area (Å²) >= 11 is 0. The Kier molecular flexibility index (Phi) is 10.7. The molecule has 0 fully saturated rings. The van der Waals surface area contributed by atoms with Gasteiger partial charge in [-0.1, -0.05) is 12.1 Å². The van der Waals surface area contributed by atoms with E-state index in [9.17, 15) is 18.4 Å². The Morgan fingerprint density at radius 2 is 1.92 bits per heavy atom. The van der Waals surface area contributed by atoms with Crippen molar-refractivity contribution in [3.05, 3.63) is 29.8 Å².